The molecule has 2 aliphatic rings. The zero-order valence-corrected chi connectivity index (χ0v) is 15.1. The van der Waals surface area contributed by atoms with Crippen molar-refractivity contribution < 1.29 is 19.4 Å². The van der Waals surface area contributed by atoms with Crippen molar-refractivity contribution in [1.82, 2.24) is 0 Å². The average molecular weight is 382 g/mol. The second kappa shape index (κ2) is 5.82. The molecule has 0 saturated heterocycles. The van der Waals surface area contributed by atoms with E-state index in [4.69, 9.17) is 9.47 Å². The molecule has 1 N–H and O–H groups in total. The first-order valence-electron chi connectivity index (χ1n) is 7.74. The highest BCUT2D eigenvalue weighted by molar-refractivity contribution is 9.10. The van der Waals surface area contributed by atoms with Crippen LogP contribution < -0.4 is 9.47 Å². The predicted octanol–water partition coefficient (Wildman–Crippen LogP) is 4.20. The molecule has 1 heterocycles. The minimum absolute atomic E-state index is 0.229. The molecule has 1 aliphatic carbocycles. The summed E-state index contributed by atoms with van der Waals surface area (Å²) in [6, 6.07) is 1.58. The monoisotopic (exact) mass is 381 g/mol. The van der Waals surface area contributed by atoms with Crippen molar-refractivity contribution in [2.24, 2.45) is 10.9 Å². The molecule has 0 amide bonds. The highest BCUT2D eigenvalue weighted by atomic mass is 79.9. The van der Waals surface area contributed by atoms with Crippen LogP contribution in [-0.4, -0.2) is 29.6 Å². The molecular weight excluding hydrogens is 362 g/mol. The van der Waals surface area contributed by atoms with Crippen LogP contribution in [0.1, 0.15) is 48.5 Å². The van der Waals surface area contributed by atoms with Gasteiger partial charge in [-0.15, -0.1) is 0 Å². The van der Waals surface area contributed by atoms with Crippen molar-refractivity contribution in [1.29, 1.82) is 0 Å². The van der Waals surface area contributed by atoms with Gasteiger partial charge in [-0.1, -0.05) is 0 Å². The largest absolute Gasteiger partial charge is 0.478 e. The Morgan fingerprint density at radius 2 is 1.96 bits per heavy atom. The van der Waals surface area contributed by atoms with Crippen LogP contribution in [0.25, 0.3) is 0 Å². The smallest absolute Gasteiger partial charge is 0.336 e. The topological polar surface area (TPSA) is 68.1 Å². The van der Waals surface area contributed by atoms with E-state index in [2.05, 4.69) is 20.9 Å². The molecule has 1 aromatic rings. The zero-order chi connectivity index (χ0) is 16.8. The first-order chi connectivity index (χ1) is 10.9. The summed E-state index contributed by atoms with van der Waals surface area (Å²) in [6.45, 7) is 3.70. The molecule has 0 bridgehead atoms. The van der Waals surface area contributed by atoms with Crippen molar-refractivity contribution >= 4 is 27.6 Å². The summed E-state index contributed by atoms with van der Waals surface area (Å²) in [6.07, 6.45) is 3.83. The Morgan fingerprint density at radius 3 is 2.52 bits per heavy atom. The van der Waals surface area contributed by atoms with Gasteiger partial charge >= 0.3 is 5.97 Å². The van der Waals surface area contributed by atoms with Crippen molar-refractivity contribution in [3.05, 3.63) is 21.7 Å². The number of carboxylic acids is 1. The van der Waals surface area contributed by atoms with Gasteiger partial charge in [0.05, 0.1) is 10.0 Å². The summed E-state index contributed by atoms with van der Waals surface area (Å²) in [5, 5.41) is 9.33. The third kappa shape index (κ3) is 2.73. The molecule has 124 valence electrons. The number of carbonyl (C=O) groups is 1. The fourth-order valence-electron chi connectivity index (χ4n) is 3.43. The van der Waals surface area contributed by atoms with E-state index in [1.54, 1.807) is 13.0 Å². The van der Waals surface area contributed by atoms with Gasteiger partial charge in [-0.25, -0.2) is 4.79 Å². The number of hydrogen-bond acceptors (Lipinski definition) is 4. The molecule has 23 heavy (non-hydrogen) atoms. The van der Waals surface area contributed by atoms with Crippen LogP contribution in [0.15, 0.2) is 15.5 Å². The maximum atomic E-state index is 11.4. The predicted molar refractivity (Wildman–Crippen MR) is 90.8 cm³/mol. The molecule has 0 radical (unpaired) electrons. The minimum Gasteiger partial charge on any atom is -0.478 e. The number of hydrogen-bond donors (Lipinski definition) is 1. The van der Waals surface area contributed by atoms with Gasteiger partial charge in [0.25, 0.3) is 5.79 Å². The van der Waals surface area contributed by atoms with Gasteiger partial charge in [0.2, 0.25) is 0 Å². The SMILES string of the molecule is CN=C1CCC(C2(C)Oc3c(Br)cc(C(=O)O)c(C)c3O2)CC1. The third-order valence-electron chi connectivity index (χ3n) is 4.90. The Labute approximate surface area is 143 Å². The number of aromatic carboxylic acids is 1. The summed E-state index contributed by atoms with van der Waals surface area (Å²) in [7, 11) is 1.84. The van der Waals surface area contributed by atoms with Crippen molar-refractivity contribution in [2.75, 3.05) is 7.05 Å². The molecule has 6 heteroatoms. The van der Waals surface area contributed by atoms with E-state index < -0.39 is 11.8 Å². The Kier molecular flexibility index (Phi) is 4.12. The first-order valence-corrected chi connectivity index (χ1v) is 8.54. The summed E-state index contributed by atoms with van der Waals surface area (Å²) < 4.78 is 12.9. The van der Waals surface area contributed by atoms with E-state index in [0.717, 1.165) is 25.7 Å². The zero-order valence-electron chi connectivity index (χ0n) is 13.5. The number of ether oxygens (including phenoxy) is 2. The Hall–Kier alpha value is -1.56. The van der Waals surface area contributed by atoms with E-state index in [1.165, 1.54) is 5.71 Å². The summed E-state index contributed by atoms with van der Waals surface area (Å²) in [5.74, 6) is -0.338. The van der Waals surface area contributed by atoms with Crippen LogP contribution in [0.3, 0.4) is 0 Å². The standard InChI is InChI=1S/C17H20BrNO4/c1-9-12(16(20)21)8-13(18)15-14(9)22-17(2,23-15)10-4-6-11(19-3)7-5-10/h8,10H,4-7H2,1-3H3,(H,20,21). The van der Waals surface area contributed by atoms with Crippen molar-refractivity contribution in [3.63, 3.8) is 0 Å². The lowest BCUT2D eigenvalue weighted by atomic mass is 9.82. The number of rotatable bonds is 2. The van der Waals surface area contributed by atoms with Gasteiger partial charge in [-0.05, 0) is 54.6 Å². The molecule has 5 nitrogen and oxygen atoms in total. The van der Waals surface area contributed by atoms with Crippen LogP contribution in [0.4, 0.5) is 0 Å². The number of halogens is 1. The van der Waals surface area contributed by atoms with E-state index in [-0.39, 0.29) is 11.5 Å². The summed E-state index contributed by atoms with van der Waals surface area (Å²) in [5.41, 5.74) is 2.07. The van der Waals surface area contributed by atoms with Gasteiger partial charge in [-0.2, -0.15) is 0 Å². The van der Waals surface area contributed by atoms with Crippen molar-refractivity contribution in [2.45, 2.75) is 45.3 Å². The summed E-state index contributed by atoms with van der Waals surface area (Å²) in [4.78, 5) is 15.7. The number of benzene rings is 1. The normalized spacial score (nSPS) is 26.3. The second-order valence-corrected chi connectivity index (χ2v) is 7.13. The molecular formula is C17H20BrNO4. The van der Waals surface area contributed by atoms with Crippen LogP contribution in [0, 0.1) is 12.8 Å². The highest BCUT2D eigenvalue weighted by Crippen LogP contribution is 2.51. The maximum Gasteiger partial charge on any atom is 0.336 e. The molecule has 0 aromatic heterocycles. The van der Waals surface area contributed by atoms with E-state index >= 15 is 0 Å². The maximum absolute atomic E-state index is 11.4. The Bertz CT molecular complexity index is 690. The third-order valence-corrected chi connectivity index (χ3v) is 5.49. The Morgan fingerprint density at radius 1 is 1.35 bits per heavy atom. The first kappa shape index (κ1) is 16.3. The van der Waals surface area contributed by atoms with Gasteiger partial charge in [0, 0.05) is 31.2 Å². The average Bonchev–Trinajstić information content (AvgIpc) is 2.91. The molecule has 1 aromatic carbocycles. The van der Waals surface area contributed by atoms with Crippen LogP contribution in [0.5, 0.6) is 11.5 Å². The van der Waals surface area contributed by atoms with Gasteiger partial charge < -0.3 is 14.6 Å². The fraction of sp³-hybridized carbons (Fsp3) is 0.529. The minimum atomic E-state index is -0.968. The van der Waals surface area contributed by atoms with E-state index in [0.29, 0.717) is 21.5 Å². The fourth-order valence-corrected chi connectivity index (χ4v) is 3.92. The lowest BCUT2D eigenvalue weighted by Gasteiger charge is -2.35. The number of aliphatic imine (C=N–C) groups is 1. The van der Waals surface area contributed by atoms with Crippen molar-refractivity contribution in [3.8, 4) is 11.5 Å². The van der Waals surface area contributed by atoms with E-state index in [1.807, 2.05) is 14.0 Å². The van der Waals surface area contributed by atoms with Gasteiger partial charge in [-0.3, -0.25) is 4.99 Å². The second-order valence-electron chi connectivity index (χ2n) is 6.28. The molecule has 1 fully saturated rings. The van der Waals surface area contributed by atoms with Crippen LogP contribution >= 0.6 is 15.9 Å². The van der Waals surface area contributed by atoms with E-state index in [9.17, 15) is 9.90 Å². The summed E-state index contributed by atoms with van der Waals surface area (Å²) >= 11 is 3.41. The van der Waals surface area contributed by atoms with Gasteiger partial charge in [0.15, 0.2) is 11.5 Å². The molecule has 1 unspecified atom stereocenters. The molecule has 1 aliphatic heterocycles. The highest BCUT2D eigenvalue weighted by Gasteiger charge is 2.46. The number of carboxylic acid groups (broad SMARTS) is 1. The van der Waals surface area contributed by atoms with Gasteiger partial charge in [0.1, 0.15) is 0 Å². The van der Waals surface area contributed by atoms with Crippen LogP contribution in [-0.2, 0) is 0 Å². The molecule has 0 spiro atoms. The number of nitrogens with zero attached hydrogens (tertiary/aromatic N) is 1. The quantitative estimate of drug-likeness (QED) is 0.832. The van der Waals surface area contributed by atoms with Crippen LogP contribution in [0.2, 0.25) is 0 Å². The molecule has 3 rings (SSSR count). The lowest BCUT2D eigenvalue weighted by Crippen LogP contribution is -2.44. The molecule has 1 atom stereocenters. The molecule has 1 saturated carbocycles. The number of fused-ring (bicyclic) bond motifs is 1. The Balaban J connectivity index is 1.90. The lowest BCUT2D eigenvalue weighted by molar-refractivity contribution is -0.116.